The van der Waals surface area contributed by atoms with Crippen molar-refractivity contribution in [2.75, 3.05) is 33.2 Å². The SMILES string of the molecule is CCNCCCN(C)S(=O)(=O)NCC1CCC(C)C1. The fourth-order valence-electron chi connectivity index (χ4n) is 2.57. The number of hydrogen-bond acceptors (Lipinski definition) is 3. The van der Waals surface area contributed by atoms with Crippen molar-refractivity contribution in [3.8, 4) is 0 Å². The summed E-state index contributed by atoms with van der Waals surface area (Å²) in [6, 6.07) is 0. The predicted molar refractivity (Wildman–Crippen MR) is 79.2 cm³/mol. The van der Waals surface area contributed by atoms with Crippen molar-refractivity contribution in [2.45, 2.75) is 39.5 Å². The smallest absolute Gasteiger partial charge is 0.279 e. The molecule has 0 aromatic heterocycles. The largest absolute Gasteiger partial charge is 0.317 e. The van der Waals surface area contributed by atoms with Crippen molar-refractivity contribution in [3.63, 3.8) is 0 Å². The molecule has 0 saturated heterocycles. The Kier molecular flexibility index (Phi) is 7.28. The molecule has 0 amide bonds. The van der Waals surface area contributed by atoms with E-state index in [0.29, 0.717) is 19.0 Å². The number of nitrogens with zero attached hydrogens (tertiary/aromatic N) is 1. The summed E-state index contributed by atoms with van der Waals surface area (Å²) in [6.07, 6.45) is 4.36. The van der Waals surface area contributed by atoms with Gasteiger partial charge >= 0.3 is 0 Å². The van der Waals surface area contributed by atoms with Gasteiger partial charge in [-0.15, -0.1) is 0 Å². The molecule has 2 N–H and O–H groups in total. The lowest BCUT2D eigenvalue weighted by molar-refractivity contribution is 0.433. The fraction of sp³-hybridized carbons (Fsp3) is 1.00. The van der Waals surface area contributed by atoms with E-state index in [1.54, 1.807) is 7.05 Å². The molecule has 1 fully saturated rings. The molecule has 0 bridgehead atoms. The Morgan fingerprint density at radius 1 is 1.32 bits per heavy atom. The predicted octanol–water partition coefficient (Wildman–Crippen LogP) is 1.19. The van der Waals surface area contributed by atoms with Crippen LogP contribution in [0, 0.1) is 11.8 Å². The van der Waals surface area contributed by atoms with Crippen LogP contribution in [0.15, 0.2) is 0 Å². The molecule has 0 heterocycles. The molecule has 0 spiro atoms. The van der Waals surface area contributed by atoms with Gasteiger partial charge in [-0.3, -0.25) is 0 Å². The number of hydrogen-bond donors (Lipinski definition) is 2. The van der Waals surface area contributed by atoms with Gasteiger partial charge in [0.05, 0.1) is 0 Å². The maximum atomic E-state index is 12.0. The number of nitrogens with one attached hydrogen (secondary N) is 2. The monoisotopic (exact) mass is 291 g/mol. The van der Waals surface area contributed by atoms with Crippen LogP contribution in [0.3, 0.4) is 0 Å². The molecule has 0 radical (unpaired) electrons. The first kappa shape index (κ1) is 16.9. The Morgan fingerprint density at radius 2 is 2.05 bits per heavy atom. The Balaban J connectivity index is 2.25. The summed E-state index contributed by atoms with van der Waals surface area (Å²) < 4.78 is 28.2. The molecule has 5 nitrogen and oxygen atoms in total. The van der Waals surface area contributed by atoms with Crippen LogP contribution in [0.4, 0.5) is 0 Å². The molecule has 114 valence electrons. The van der Waals surface area contributed by atoms with E-state index in [1.165, 1.54) is 10.7 Å². The molecule has 1 rings (SSSR count). The molecule has 6 heteroatoms. The van der Waals surface area contributed by atoms with Gasteiger partial charge in [-0.05, 0) is 44.2 Å². The van der Waals surface area contributed by atoms with E-state index in [-0.39, 0.29) is 0 Å². The van der Waals surface area contributed by atoms with Crippen LogP contribution in [-0.4, -0.2) is 45.9 Å². The third-order valence-corrected chi connectivity index (χ3v) is 5.38. The zero-order valence-corrected chi connectivity index (χ0v) is 13.3. The fourth-order valence-corrected chi connectivity index (χ4v) is 3.60. The number of rotatable bonds is 9. The summed E-state index contributed by atoms with van der Waals surface area (Å²) in [5, 5.41) is 3.19. The molecule has 2 atom stereocenters. The lowest BCUT2D eigenvalue weighted by Crippen LogP contribution is -2.41. The summed E-state index contributed by atoms with van der Waals surface area (Å²) >= 11 is 0. The molecule has 1 saturated carbocycles. The van der Waals surface area contributed by atoms with E-state index in [4.69, 9.17) is 0 Å². The van der Waals surface area contributed by atoms with Gasteiger partial charge in [0.1, 0.15) is 0 Å². The van der Waals surface area contributed by atoms with Crippen molar-refractivity contribution < 1.29 is 8.42 Å². The van der Waals surface area contributed by atoms with E-state index in [2.05, 4.69) is 17.0 Å². The minimum Gasteiger partial charge on any atom is -0.317 e. The van der Waals surface area contributed by atoms with Crippen LogP contribution >= 0.6 is 0 Å². The van der Waals surface area contributed by atoms with E-state index in [1.807, 2.05) is 6.92 Å². The van der Waals surface area contributed by atoms with Gasteiger partial charge in [-0.1, -0.05) is 20.3 Å². The first-order valence-corrected chi connectivity index (χ1v) is 8.81. The van der Waals surface area contributed by atoms with Gasteiger partial charge in [0.2, 0.25) is 0 Å². The Morgan fingerprint density at radius 3 is 2.63 bits per heavy atom. The van der Waals surface area contributed by atoms with E-state index in [9.17, 15) is 8.42 Å². The summed E-state index contributed by atoms with van der Waals surface area (Å²) in [4.78, 5) is 0. The minimum atomic E-state index is -3.30. The lowest BCUT2D eigenvalue weighted by atomic mass is 10.1. The molecule has 19 heavy (non-hydrogen) atoms. The average Bonchev–Trinajstić information content (AvgIpc) is 2.78. The van der Waals surface area contributed by atoms with Gasteiger partial charge < -0.3 is 5.32 Å². The van der Waals surface area contributed by atoms with Gasteiger partial charge in [0.15, 0.2) is 0 Å². The second-order valence-corrected chi connectivity index (χ2v) is 7.53. The van der Waals surface area contributed by atoms with E-state index < -0.39 is 10.2 Å². The highest BCUT2D eigenvalue weighted by molar-refractivity contribution is 7.87. The molecule has 0 aromatic carbocycles. The summed E-state index contributed by atoms with van der Waals surface area (Å²) in [6.45, 7) is 7.21. The third-order valence-electron chi connectivity index (χ3n) is 3.84. The summed E-state index contributed by atoms with van der Waals surface area (Å²) in [5.41, 5.74) is 0. The quantitative estimate of drug-likeness (QED) is 0.627. The second-order valence-electron chi connectivity index (χ2n) is 5.67. The zero-order valence-electron chi connectivity index (χ0n) is 12.5. The Labute approximate surface area is 118 Å². The summed E-state index contributed by atoms with van der Waals surface area (Å²) in [7, 11) is -1.65. The van der Waals surface area contributed by atoms with Crippen LogP contribution in [0.5, 0.6) is 0 Å². The van der Waals surface area contributed by atoms with Crippen LogP contribution in [0.1, 0.15) is 39.5 Å². The van der Waals surface area contributed by atoms with Crippen LogP contribution in [-0.2, 0) is 10.2 Å². The topological polar surface area (TPSA) is 61.4 Å². The standard InChI is InChI=1S/C13H29N3O2S/c1-4-14-8-5-9-16(3)19(17,18)15-11-13-7-6-12(2)10-13/h12-15H,4-11H2,1-3H3. The molecular weight excluding hydrogens is 262 g/mol. The van der Waals surface area contributed by atoms with Crippen LogP contribution < -0.4 is 10.0 Å². The van der Waals surface area contributed by atoms with E-state index in [0.717, 1.165) is 38.3 Å². The molecule has 1 aliphatic carbocycles. The van der Waals surface area contributed by atoms with Crippen molar-refractivity contribution in [1.29, 1.82) is 0 Å². The lowest BCUT2D eigenvalue weighted by Gasteiger charge is -2.19. The van der Waals surface area contributed by atoms with Gasteiger partial charge in [-0.2, -0.15) is 12.7 Å². The Bertz CT molecular complexity index is 346. The molecule has 0 aromatic rings. The molecule has 0 aliphatic heterocycles. The van der Waals surface area contributed by atoms with Crippen molar-refractivity contribution in [1.82, 2.24) is 14.3 Å². The zero-order chi connectivity index (χ0) is 14.3. The van der Waals surface area contributed by atoms with Gasteiger partial charge in [0, 0.05) is 20.1 Å². The average molecular weight is 291 g/mol. The molecule has 1 aliphatic rings. The molecular formula is C13H29N3O2S. The van der Waals surface area contributed by atoms with Crippen LogP contribution in [0.25, 0.3) is 0 Å². The normalized spacial score (nSPS) is 24.2. The van der Waals surface area contributed by atoms with Gasteiger partial charge in [0.25, 0.3) is 10.2 Å². The third kappa shape index (κ3) is 6.21. The Hall–Kier alpha value is -0.170. The first-order chi connectivity index (χ1) is 8.95. The van der Waals surface area contributed by atoms with Gasteiger partial charge in [-0.25, -0.2) is 4.72 Å². The van der Waals surface area contributed by atoms with Crippen molar-refractivity contribution in [2.24, 2.45) is 11.8 Å². The first-order valence-electron chi connectivity index (χ1n) is 7.37. The second kappa shape index (κ2) is 8.19. The summed E-state index contributed by atoms with van der Waals surface area (Å²) in [5.74, 6) is 1.26. The van der Waals surface area contributed by atoms with Crippen LogP contribution in [0.2, 0.25) is 0 Å². The minimum absolute atomic E-state index is 0.514. The highest BCUT2D eigenvalue weighted by Crippen LogP contribution is 2.29. The van der Waals surface area contributed by atoms with Crippen molar-refractivity contribution in [3.05, 3.63) is 0 Å². The van der Waals surface area contributed by atoms with E-state index >= 15 is 0 Å². The highest BCUT2D eigenvalue weighted by atomic mass is 32.2. The maximum absolute atomic E-state index is 12.0. The maximum Gasteiger partial charge on any atom is 0.279 e. The molecule has 2 unspecified atom stereocenters. The highest BCUT2D eigenvalue weighted by Gasteiger charge is 2.24. The van der Waals surface area contributed by atoms with Crippen molar-refractivity contribution >= 4 is 10.2 Å².